The Morgan fingerprint density at radius 1 is 1.08 bits per heavy atom. The lowest BCUT2D eigenvalue weighted by Crippen LogP contribution is -2.44. The van der Waals surface area contributed by atoms with Crippen molar-refractivity contribution in [1.29, 1.82) is 5.26 Å². The fourth-order valence-corrected chi connectivity index (χ4v) is 3.37. The molecular weight excluding hydrogens is 328 g/mol. The molecule has 0 bridgehead atoms. The third-order valence-electron chi connectivity index (χ3n) is 4.68. The third-order valence-corrected chi connectivity index (χ3v) is 4.68. The zero-order valence-electron chi connectivity index (χ0n) is 14.7. The lowest BCUT2D eigenvalue weighted by Gasteiger charge is -2.19. The molecule has 1 atom stereocenters. The molecule has 0 aromatic heterocycles. The van der Waals surface area contributed by atoms with Crippen LogP contribution in [0.5, 0.6) is 0 Å². The van der Waals surface area contributed by atoms with Gasteiger partial charge in [0.1, 0.15) is 18.7 Å². The first-order chi connectivity index (χ1) is 12.5. The van der Waals surface area contributed by atoms with Gasteiger partial charge in [-0.15, -0.1) is 0 Å². The van der Waals surface area contributed by atoms with Crippen LogP contribution in [0.1, 0.15) is 30.9 Å². The number of Topliss-reactive ketones (excluding diaryl/α,β-unsaturated/α-hetero) is 1. The van der Waals surface area contributed by atoms with E-state index in [0.29, 0.717) is 0 Å². The highest BCUT2D eigenvalue weighted by molar-refractivity contribution is 5.99. The summed E-state index contributed by atoms with van der Waals surface area (Å²) in [6.45, 7) is 3.71. The van der Waals surface area contributed by atoms with E-state index in [-0.39, 0.29) is 18.4 Å². The van der Waals surface area contributed by atoms with Gasteiger partial charge in [0.15, 0.2) is 0 Å². The Labute approximate surface area is 152 Å². The topological polar surface area (TPSA) is 79.2 Å². The van der Waals surface area contributed by atoms with E-state index in [1.807, 2.05) is 36.4 Å². The van der Waals surface area contributed by atoms with E-state index in [1.165, 1.54) is 0 Å². The Morgan fingerprint density at radius 3 is 2.12 bits per heavy atom. The molecule has 1 N–H and O–H groups in total. The highest BCUT2D eigenvalue weighted by atomic mass is 16.5. The highest BCUT2D eigenvalue weighted by Gasteiger charge is 2.30. The molecule has 0 fully saturated rings. The van der Waals surface area contributed by atoms with Crippen molar-refractivity contribution in [1.82, 2.24) is 5.32 Å². The van der Waals surface area contributed by atoms with Crippen molar-refractivity contribution < 1.29 is 14.3 Å². The molecule has 5 nitrogen and oxygen atoms in total. The summed E-state index contributed by atoms with van der Waals surface area (Å²) < 4.78 is 5.40. The van der Waals surface area contributed by atoms with Crippen LogP contribution in [0.25, 0.3) is 11.1 Å². The number of nitriles is 1. The van der Waals surface area contributed by atoms with Crippen molar-refractivity contribution >= 4 is 11.9 Å². The quantitative estimate of drug-likeness (QED) is 0.837. The largest absolute Gasteiger partial charge is 0.449 e. The normalized spacial score (nSPS) is 13.5. The molecule has 0 heterocycles. The van der Waals surface area contributed by atoms with Crippen LogP contribution >= 0.6 is 0 Å². The van der Waals surface area contributed by atoms with Gasteiger partial charge in [-0.2, -0.15) is 5.26 Å². The number of fused-ring (bicyclic) bond motifs is 3. The Bertz CT molecular complexity index is 837. The number of alkyl carbamates (subject to hydrolysis) is 1. The summed E-state index contributed by atoms with van der Waals surface area (Å²) in [7, 11) is 0. The molecule has 0 spiro atoms. The number of carbonyl (C=O) groups is 2. The van der Waals surface area contributed by atoms with Gasteiger partial charge in [0.05, 0.1) is 0 Å². The predicted octanol–water partition coefficient (Wildman–Crippen LogP) is 3.64. The Hall–Kier alpha value is -3.13. The van der Waals surface area contributed by atoms with Crippen molar-refractivity contribution in [3.8, 4) is 17.2 Å². The van der Waals surface area contributed by atoms with Crippen LogP contribution in [0.3, 0.4) is 0 Å². The summed E-state index contributed by atoms with van der Waals surface area (Å²) in [4.78, 5) is 23.8. The molecule has 0 radical (unpaired) electrons. The fourth-order valence-electron chi connectivity index (χ4n) is 3.37. The van der Waals surface area contributed by atoms with Crippen LogP contribution < -0.4 is 5.32 Å². The molecular formula is C21H20N2O3. The molecule has 3 rings (SSSR count). The van der Waals surface area contributed by atoms with Crippen LogP contribution in [-0.2, 0) is 9.53 Å². The maximum absolute atomic E-state index is 12.2. The molecule has 0 saturated heterocycles. The zero-order chi connectivity index (χ0) is 18.7. The fraction of sp³-hybridized carbons (Fsp3) is 0.286. The SMILES string of the molecule is CC(C)[C@H](NC(=O)OCC1c2ccccc2-c2ccccc21)C(=O)C#N. The molecule has 5 heteroatoms. The first-order valence-electron chi connectivity index (χ1n) is 8.58. The van der Waals surface area contributed by atoms with Gasteiger partial charge in [-0.1, -0.05) is 62.4 Å². The van der Waals surface area contributed by atoms with Gasteiger partial charge >= 0.3 is 6.09 Å². The zero-order valence-corrected chi connectivity index (χ0v) is 14.7. The number of hydrogen-bond donors (Lipinski definition) is 1. The number of benzene rings is 2. The summed E-state index contributed by atoms with van der Waals surface area (Å²) in [5.74, 6) is -0.909. The minimum absolute atomic E-state index is 0.0441. The standard InChI is InChI=1S/C21H20N2O3/c1-13(2)20(19(24)11-22)23-21(25)26-12-18-16-9-5-3-7-14(16)15-8-4-6-10-17(15)18/h3-10,13,18,20H,12H2,1-2H3,(H,23,25)/t20-/m0/s1. The molecule has 26 heavy (non-hydrogen) atoms. The number of hydrogen-bond acceptors (Lipinski definition) is 4. The molecule has 1 aliphatic carbocycles. The first-order valence-corrected chi connectivity index (χ1v) is 8.58. The Morgan fingerprint density at radius 2 is 1.62 bits per heavy atom. The van der Waals surface area contributed by atoms with Gasteiger partial charge in [-0.3, -0.25) is 4.79 Å². The Balaban J connectivity index is 1.73. The van der Waals surface area contributed by atoms with Gasteiger partial charge in [0.2, 0.25) is 0 Å². The van der Waals surface area contributed by atoms with Crippen molar-refractivity contribution in [2.45, 2.75) is 25.8 Å². The van der Waals surface area contributed by atoms with Gasteiger partial charge in [-0.05, 0) is 28.2 Å². The molecule has 1 aliphatic rings. The second kappa shape index (κ2) is 7.40. The molecule has 0 saturated carbocycles. The lowest BCUT2D eigenvalue weighted by atomic mass is 9.98. The average molecular weight is 348 g/mol. The van der Waals surface area contributed by atoms with Crippen LogP contribution in [0.15, 0.2) is 48.5 Å². The van der Waals surface area contributed by atoms with Crippen LogP contribution in [0.4, 0.5) is 4.79 Å². The molecule has 0 aliphatic heterocycles. The molecule has 2 aromatic carbocycles. The van der Waals surface area contributed by atoms with Crippen molar-refractivity contribution in [2.24, 2.45) is 5.92 Å². The summed E-state index contributed by atoms with van der Waals surface area (Å²) in [6.07, 6.45) is -0.686. The maximum atomic E-state index is 12.2. The Kier molecular flexibility index (Phi) is 5.04. The van der Waals surface area contributed by atoms with E-state index in [0.717, 1.165) is 22.3 Å². The number of ketones is 1. The summed E-state index contributed by atoms with van der Waals surface area (Å²) in [6, 6.07) is 16.8. The minimum atomic E-state index is -0.865. The summed E-state index contributed by atoms with van der Waals surface area (Å²) >= 11 is 0. The number of nitrogens with one attached hydrogen (secondary N) is 1. The second-order valence-electron chi connectivity index (χ2n) is 6.67. The van der Waals surface area contributed by atoms with Gasteiger partial charge < -0.3 is 10.1 Å². The van der Waals surface area contributed by atoms with Crippen LogP contribution in [0, 0.1) is 17.2 Å². The maximum Gasteiger partial charge on any atom is 0.407 e. The summed E-state index contributed by atoms with van der Waals surface area (Å²) in [5.41, 5.74) is 4.54. The van der Waals surface area contributed by atoms with Gasteiger partial charge in [0.25, 0.3) is 5.78 Å². The minimum Gasteiger partial charge on any atom is -0.449 e. The number of ether oxygens (including phenoxy) is 1. The second-order valence-corrected chi connectivity index (χ2v) is 6.67. The number of carbonyl (C=O) groups excluding carboxylic acids is 2. The van der Waals surface area contributed by atoms with E-state index in [2.05, 4.69) is 17.4 Å². The number of amides is 1. The predicted molar refractivity (Wildman–Crippen MR) is 97.5 cm³/mol. The lowest BCUT2D eigenvalue weighted by molar-refractivity contribution is -0.116. The van der Waals surface area contributed by atoms with Crippen LogP contribution in [-0.4, -0.2) is 24.5 Å². The van der Waals surface area contributed by atoms with E-state index in [9.17, 15) is 9.59 Å². The van der Waals surface area contributed by atoms with E-state index in [4.69, 9.17) is 10.00 Å². The average Bonchev–Trinajstić information content (AvgIpc) is 2.97. The van der Waals surface area contributed by atoms with Crippen LogP contribution in [0.2, 0.25) is 0 Å². The number of rotatable bonds is 5. The van der Waals surface area contributed by atoms with E-state index < -0.39 is 17.9 Å². The van der Waals surface area contributed by atoms with E-state index >= 15 is 0 Å². The van der Waals surface area contributed by atoms with E-state index in [1.54, 1.807) is 19.9 Å². The first kappa shape index (κ1) is 17.7. The third kappa shape index (κ3) is 3.31. The van der Waals surface area contributed by atoms with Gasteiger partial charge in [0, 0.05) is 5.92 Å². The molecule has 1 amide bonds. The van der Waals surface area contributed by atoms with Crippen molar-refractivity contribution in [2.75, 3.05) is 6.61 Å². The molecule has 0 unspecified atom stereocenters. The van der Waals surface area contributed by atoms with Gasteiger partial charge in [-0.25, -0.2) is 4.79 Å². The number of nitrogens with zero attached hydrogens (tertiary/aromatic N) is 1. The highest BCUT2D eigenvalue weighted by Crippen LogP contribution is 2.44. The summed E-state index contributed by atoms with van der Waals surface area (Å²) in [5, 5.41) is 11.3. The monoisotopic (exact) mass is 348 g/mol. The smallest absolute Gasteiger partial charge is 0.407 e. The molecule has 132 valence electrons. The molecule has 2 aromatic rings. The van der Waals surface area contributed by atoms with Crippen molar-refractivity contribution in [3.63, 3.8) is 0 Å². The van der Waals surface area contributed by atoms with Crippen molar-refractivity contribution in [3.05, 3.63) is 59.7 Å².